The molecule has 3 aromatic carbocycles. The lowest BCUT2D eigenvalue weighted by Crippen LogP contribution is -2.14. The average molecular weight is 516 g/mol. The summed E-state index contributed by atoms with van der Waals surface area (Å²) in [5.41, 5.74) is 1.66. The summed E-state index contributed by atoms with van der Waals surface area (Å²) in [6.07, 6.45) is 3.63. The summed E-state index contributed by atoms with van der Waals surface area (Å²) in [5.74, 6) is 2.66. The standard InChI is InChI=1S/C26H29NO8S/c1-30-19-9-11-20(12-10-19)36(28,29)27-21-13-17(14-22(31-2)25(21)34-5)7-8-18-15-23(32-3)26(35-6)24(16-18)33-4/h7-16,27H,1-6H3. The molecule has 36 heavy (non-hydrogen) atoms. The van der Waals surface area contributed by atoms with E-state index in [2.05, 4.69) is 4.72 Å². The average Bonchev–Trinajstić information content (AvgIpc) is 2.90. The van der Waals surface area contributed by atoms with E-state index in [1.54, 1.807) is 56.7 Å². The Labute approximate surface area is 211 Å². The van der Waals surface area contributed by atoms with Crippen molar-refractivity contribution in [2.24, 2.45) is 0 Å². The zero-order valence-electron chi connectivity index (χ0n) is 20.9. The molecule has 0 aliphatic rings. The highest BCUT2D eigenvalue weighted by Crippen LogP contribution is 2.40. The molecule has 0 aliphatic heterocycles. The lowest BCUT2D eigenvalue weighted by Gasteiger charge is -2.16. The number of ether oxygens (including phenoxy) is 6. The third-order valence-corrected chi connectivity index (χ3v) is 6.65. The van der Waals surface area contributed by atoms with E-state index in [0.29, 0.717) is 34.3 Å². The first-order chi connectivity index (χ1) is 17.3. The van der Waals surface area contributed by atoms with E-state index < -0.39 is 10.0 Å². The van der Waals surface area contributed by atoms with Crippen LogP contribution >= 0.6 is 0 Å². The van der Waals surface area contributed by atoms with E-state index in [-0.39, 0.29) is 16.3 Å². The molecule has 1 N–H and O–H groups in total. The summed E-state index contributed by atoms with van der Waals surface area (Å²) in [7, 11) is 5.13. The van der Waals surface area contributed by atoms with Crippen molar-refractivity contribution >= 4 is 27.9 Å². The van der Waals surface area contributed by atoms with Crippen LogP contribution in [0.3, 0.4) is 0 Å². The molecule has 0 amide bonds. The van der Waals surface area contributed by atoms with Gasteiger partial charge in [0, 0.05) is 0 Å². The molecular formula is C26H29NO8S. The molecule has 0 saturated carbocycles. The normalized spacial score (nSPS) is 11.2. The van der Waals surface area contributed by atoms with Gasteiger partial charge in [-0.2, -0.15) is 0 Å². The number of hydrogen-bond acceptors (Lipinski definition) is 8. The van der Waals surface area contributed by atoms with Gasteiger partial charge in [0.15, 0.2) is 23.0 Å². The van der Waals surface area contributed by atoms with Crippen LogP contribution in [0.25, 0.3) is 12.2 Å². The Balaban J connectivity index is 2.01. The van der Waals surface area contributed by atoms with E-state index in [0.717, 1.165) is 5.56 Å². The van der Waals surface area contributed by atoms with Crippen molar-refractivity contribution in [2.45, 2.75) is 4.90 Å². The molecule has 0 heterocycles. The van der Waals surface area contributed by atoms with Crippen molar-refractivity contribution < 1.29 is 36.8 Å². The number of rotatable bonds is 11. The topological polar surface area (TPSA) is 102 Å². The maximum atomic E-state index is 13.1. The number of benzene rings is 3. The van der Waals surface area contributed by atoms with Crippen LogP contribution in [0.5, 0.6) is 34.5 Å². The lowest BCUT2D eigenvalue weighted by molar-refractivity contribution is 0.324. The van der Waals surface area contributed by atoms with Gasteiger partial charge in [-0.3, -0.25) is 4.72 Å². The minimum Gasteiger partial charge on any atom is -0.497 e. The fourth-order valence-corrected chi connectivity index (χ4v) is 4.56. The van der Waals surface area contributed by atoms with Gasteiger partial charge in [-0.1, -0.05) is 12.2 Å². The van der Waals surface area contributed by atoms with Gasteiger partial charge in [-0.15, -0.1) is 0 Å². The molecule has 0 radical (unpaired) electrons. The van der Waals surface area contributed by atoms with Crippen molar-refractivity contribution in [2.75, 3.05) is 47.4 Å². The molecule has 0 aromatic heterocycles. The third kappa shape index (κ3) is 5.77. The second kappa shape index (κ2) is 11.6. The maximum Gasteiger partial charge on any atom is 0.262 e. The number of hydrogen-bond donors (Lipinski definition) is 1. The van der Waals surface area contributed by atoms with Gasteiger partial charge < -0.3 is 28.4 Å². The van der Waals surface area contributed by atoms with E-state index in [1.807, 2.05) is 6.08 Å². The third-order valence-electron chi connectivity index (χ3n) is 5.27. The maximum absolute atomic E-state index is 13.1. The number of anilines is 1. The quantitative estimate of drug-likeness (QED) is 0.367. The molecule has 0 fully saturated rings. The fraction of sp³-hybridized carbons (Fsp3) is 0.231. The van der Waals surface area contributed by atoms with Crippen LogP contribution in [0.15, 0.2) is 53.4 Å². The molecule has 9 nitrogen and oxygen atoms in total. The molecule has 3 rings (SSSR count). The summed E-state index contributed by atoms with van der Waals surface area (Å²) in [5, 5.41) is 0. The van der Waals surface area contributed by atoms with Gasteiger partial charge in [-0.25, -0.2) is 8.42 Å². The van der Waals surface area contributed by atoms with Crippen LogP contribution in [0.4, 0.5) is 5.69 Å². The van der Waals surface area contributed by atoms with Crippen molar-refractivity contribution in [3.8, 4) is 34.5 Å². The molecule has 0 bridgehead atoms. The Morgan fingerprint density at radius 3 is 1.53 bits per heavy atom. The minimum absolute atomic E-state index is 0.0719. The summed E-state index contributed by atoms with van der Waals surface area (Å²) in [6, 6.07) is 13.0. The first-order valence-electron chi connectivity index (χ1n) is 10.7. The SMILES string of the molecule is COc1ccc(S(=O)(=O)Nc2cc(C=Cc3cc(OC)c(OC)c(OC)c3)cc(OC)c2OC)cc1. The van der Waals surface area contributed by atoms with E-state index in [9.17, 15) is 8.42 Å². The molecule has 0 spiro atoms. The lowest BCUT2D eigenvalue weighted by atomic mass is 10.1. The molecular weight excluding hydrogens is 486 g/mol. The predicted molar refractivity (Wildman–Crippen MR) is 138 cm³/mol. The molecule has 0 atom stereocenters. The van der Waals surface area contributed by atoms with Crippen molar-refractivity contribution in [1.29, 1.82) is 0 Å². The van der Waals surface area contributed by atoms with Crippen molar-refractivity contribution in [3.05, 3.63) is 59.7 Å². The molecule has 0 aliphatic carbocycles. The first-order valence-corrected chi connectivity index (χ1v) is 12.2. The van der Waals surface area contributed by atoms with Crippen molar-refractivity contribution in [1.82, 2.24) is 0 Å². The van der Waals surface area contributed by atoms with Crippen LogP contribution < -0.4 is 33.1 Å². The van der Waals surface area contributed by atoms with Gasteiger partial charge in [0.1, 0.15) is 5.75 Å². The van der Waals surface area contributed by atoms with Crippen LogP contribution in [-0.2, 0) is 10.0 Å². The zero-order valence-corrected chi connectivity index (χ0v) is 21.8. The van der Waals surface area contributed by atoms with Crippen molar-refractivity contribution in [3.63, 3.8) is 0 Å². The number of sulfonamides is 1. The number of nitrogens with one attached hydrogen (secondary N) is 1. The van der Waals surface area contributed by atoms with E-state index >= 15 is 0 Å². The minimum atomic E-state index is -3.92. The highest BCUT2D eigenvalue weighted by molar-refractivity contribution is 7.92. The Bertz CT molecular complexity index is 1310. The zero-order chi connectivity index (χ0) is 26.3. The summed E-state index contributed by atoms with van der Waals surface area (Å²) < 4.78 is 60.9. The molecule has 192 valence electrons. The van der Waals surface area contributed by atoms with Crippen LogP contribution in [0.2, 0.25) is 0 Å². The highest BCUT2D eigenvalue weighted by Gasteiger charge is 2.20. The largest absolute Gasteiger partial charge is 0.497 e. The smallest absolute Gasteiger partial charge is 0.262 e. The van der Waals surface area contributed by atoms with Crippen LogP contribution in [-0.4, -0.2) is 51.1 Å². The Kier molecular flexibility index (Phi) is 8.55. The molecule has 10 heteroatoms. The Hall–Kier alpha value is -4.05. The van der Waals surface area contributed by atoms with E-state index in [4.69, 9.17) is 28.4 Å². The highest BCUT2D eigenvalue weighted by atomic mass is 32.2. The van der Waals surface area contributed by atoms with Crippen LogP contribution in [0.1, 0.15) is 11.1 Å². The fourth-order valence-electron chi connectivity index (χ4n) is 3.51. The van der Waals surface area contributed by atoms with Gasteiger partial charge in [0.2, 0.25) is 5.75 Å². The molecule has 0 saturated heterocycles. The summed E-state index contributed by atoms with van der Waals surface area (Å²) in [6.45, 7) is 0. The second-order valence-corrected chi connectivity index (χ2v) is 9.06. The summed E-state index contributed by atoms with van der Waals surface area (Å²) >= 11 is 0. The van der Waals surface area contributed by atoms with Gasteiger partial charge in [0.05, 0.1) is 53.2 Å². The molecule has 0 unspecified atom stereocenters. The first kappa shape index (κ1) is 26.6. The predicted octanol–water partition coefficient (Wildman–Crippen LogP) is 4.71. The van der Waals surface area contributed by atoms with Gasteiger partial charge in [-0.05, 0) is 59.7 Å². The second-order valence-electron chi connectivity index (χ2n) is 7.38. The Morgan fingerprint density at radius 2 is 1.08 bits per heavy atom. The van der Waals surface area contributed by atoms with E-state index in [1.165, 1.54) is 40.6 Å². The monoisotopic (exact) mass is 515 g/mol. The molecule has 3 aromatic rings. The number of methoxy groups -OCH3 is 6. The summed E-state index contributed by atoms with van der Waals surface area (Å²) in [4.78, 5) is 0.0719. The van der Waals surface area contributed by atoms with Gasteiger partial charge >= 0.3 is 0 Å². The Morgan fingerprint density at radius 1 is 0.611 bits per heavy atom. The van der Waals surface area contributed by atoms with Crippen LogP contribution in [0, 0.1) is 0 Å². The van der Waals surface area contributed by atoms with Gasteiger partial charge in [0.25, 0.3) is 10.0 Å².